The van der Waals surface area contributed by atoms with Crippen molar-refractivity contribution in [3.8, 4) is 5.69 Å². The Bertz CT molecular complexity index is 1280. The topological polar surface area (TPSA) is 147 Å². The second-order valence-electron chi connectivity index (χ2n) is 8.48. The molecule has 5 rings (SSSR count). The van der Waals surface area contributed by atoms with Crippen LogP contribution in [0.2, 0.25) is 0 Å². The van der Waals surface area contributed by atoms with Gasteiger partial charge in [0.15, 0.2) is 5.69 Å². The molecule has 12 nitrogen and oxygen atoms in total. The lowest BCUT2D eigenvalue weighted by Gasteiger charge is -2.29. The third-order valence-corrected chi connectivity index (χ3v) is 6.16. The molecule has 2 aromatic rings. The maximum Gasteiger partial charge on any atom is 0.341 e. The van der Waals surface area contributed by atoms with Gasteiger partial charge in [0.2, 0.25) is 11.8 Å². The van der Waals surface area contributed by atoms with Crippen LogP contribution in [0.3, 0.4) is 0 Å². The molecule has 1 atom stereocenters. The van der Waals surface area contributed by atoms with E-state index in [0.29, 0.717) is 16.8 Å². The number of hydrogen-bond acceptors (Lipinski definition) is 7. The van der Waals surface area contributed by atoms with E-state index in [9.17, 15) is 32.8 Å². The van der Waals surface area contributed by atoms with Crippen LogP contribution in [0.5, 0.6) is 0 Å². The summed E-state index contributed by atoms with van der Waals surface area (Å²) in [6.45, 7) is -1.10. The van der Waals surface area contributed by atoms with E-state index in [1.165, 1.54) is 21.8 Å². The summed E-state index contributed by atoms with van der Waals surface area (Å²) < 4.78 is 29.0. The number of halogens is 2. The van der Waals surface area contributed by atoms with Gasteiger partial charge in [-0.05, 0) is 24.1 Å². The molecule has 2 saturated heterocycles. The van der Waals surface area contributed by atoms with Crippen molar-refractivity contribution in [1.82, 2.24) is 35.4 Å². The lowest BCUT2D eigenvalue weighted by Crippen LogP contribution is -2.52. The van der Waals surface area contributed by atoms with E-state index in [2.05, 4.69) is 20.9 Å². The molecule has 4 heterocycles. The molecule has 0 saturated carbocycles. The SMILES string of the molecule is O=C1CCC(N2Cc3ccc(-n4cc(C(=O)N5CCNC(=O)C(F)(F)C5)nn4)cc3C2=O)C(=O)N1. The predicted octanol–water partition coefficient (Wildman–Crippen LogP) is -0.764. The molecule has 1 aromatic carbocycles. The number of hydrogen-bond donors (Lipinski definition) is 2. The molecule has 0 spiro atoms. The van der Waals surface area contributed by atoms with Crippen LogP contribution in [-0.2, 0) is 20.9 Å². The second-order valence-corrected chi connectivity index (χ2v) is 8.48. The molecule has 0 bridgehead atoms. The maximum absolute atomic E-state index is 13.9. The predicted molar refractivity (Wildman–Crippen MR) is 111 cm³/mol. The van der Waals surface area contributed by atoms with Gasteiger partial charge < -0.3 is 15.1 Å². The summed E-state index contributed by atoms with van der Waals surface area (Å²) in [5.41, 5.74) is 1.22. The number of carbonyl (C=O) groups is 5. The third kappa shape index (κ3) is 4.00. The number of amides is 5. The van der Waals surface area contributed by atoms with Gasteiger partial charge in [-0.3, -0.25) is 29.3 Å². The summed E-state index contributed by atoms with van der Waals surface area (Å²) in [6, 6.07) is 4.12. The summed E-state index contributed by atoms with van der Waals surface area (Å²) in [5, 5.41) is 12.0. The van der Waals surface area contributed by atoms with Gasteiger partial charge in [-0.15, -0.1) is 5.10 Å². The lowest BCUT2D eigenvalue weighted by molar-refractivity contribution is -0.145. The number of imide groups is 1. The van der Waals surface area contributed by atoms with Crippen LogP contribution in [0.1, 0.15) is 39.3 Å². The van der Waals surface area contributed by atoms with Gasteiger partial charge in [-0.1, -0.05) is 11.3 Å². The zero-order valence-corrected chi connectivity index (χ0v) is 18.2. The maximum atomic E-state index is 13.9. The van der Waals surface area contributed by atoms with E-state index in [-0.39, 0.29) is 50.0 Å². The highest BCUT2D eigenvalue weighted by Crippen LogP contribution is 2.29. The van der Waals surface area contributed by atoms with Crippen molar-refractivity contribution in [2.24, 2.45) is 0 Å². The Morgan fingerprint density at radius 2 is 1.97 bits per heavy atom. The molecule has 0 radical (unpaired) electrons. The van der Waals surface area contributed by atoms with Crippen LogP contribution in [-0.4, -0.2) is 85.9 Å². The van der Waals surface area contributed by atoms with Crippen molar-refractivity contribution in [2.45, 2.75) is 31.4 Å². The average molecular weight is 487 g/mol. The highest BCUT2D eigenvalue weighted by atomic mass is 19.3. The first kappa shape index (κ1) is 22.6. The van der Waals surface area contributed by atoms with Crippen LogP contribution in [0.25, 0.3) is 5.69 Å². The standard InChI is InChI=1S/C21H19F2N7O5/c22-21(23)10-28(6-5-24-20(21)35)19(34)14-9-30(27-26-14)12-2-1-11-8-29(18(33)13(11)7-12)15-3-4-16(31)25-17(15)32/h1-2,7,9,15H,3-6,8,10H2,(H,24,35)(H,25,31,32). The molecular weight excluding hydrogens is 468 g/mol. The minimum atomic E-state index is -3.73. The minimum Gasteiger partial charge on any atom is -0.349 e. The summed E-state index contributed by atoms with van der Waals surface area (Å²) in [7, 11) is 0. The van der Waals surface area contributed by atoms with Crippen LogP contribution >= 0.6 is 0 Å². The van der Waals surface area contributed by atoms with Crippen molar-refractivity contribution in [3.63, 3.8) is 0 Å². The van der Waals surface area contributed by atoms with Gasteiger partial charge in [0.25, 0.3) is 17.7 Å². The highest BCUT2D eigenvalue weighted by molar-refractivity contribution is 6.05. The van der Waals surface area contributed by atoms with Crippen LogP contribution in [0, 0.1) is 0 Å². The van der Waals surface area contributed by atoms with E-state index in [1.807, 2.05) is 0 Å². The first-order chi connectivity index (χ1) is 16.6. The van der Waals surface area contributed by atoms with Crippen molar-refractivity contribution < 1.29 is 32.8 Å². The normalized spacial score (nSPS) is 21.9. The first-order valence-corrected chi connectivity index (χ1v) is 10.8. The fraction of sp³-hybridized carbons (Fsp3) is 0.381. The van der Waals surface area contributed by atoms with E-state index >= 15 is 0 Å². The Kier molecular flexibility index (Phi) is 5.29. The summed E-state index contributed by atoms with van der Waals surface area (Å²) >= 11 is 0. The molecule has 14 heteroatoms. The molecule has 182 valence electrons. The quantitative estimate of drug-likeness (QED) is 0.541. The molecule has 35 heavy (non-hydrogen) atoms. The van der Waals surface area contributed by atoms with Crippen LogP contribution < -0.4 is 10.6 Å². The molecule has 2 fully saturated rings. The number of carbonyl (C=O) groups excluding carboxylic acids is 5. The Morgan fingerprint density at radius 3 is 2.74 bits per heavy atom. The molecule has 1 aromatic heterocycles. The minimum absolute atomic E-state index is 0.115. The number of alkyl halides is 2. The van der Waals surface area contributed by atoms with E-state index in [4.69, 9.17) is 0 Å². The van der Waals surface area contributed by atoms with Crippen molar-refractivity contribution in [3.05, 3.63) is 41.2 Å². The van der Waals surface area contributed by atoms with E-state index in [0.717, 1.165) is 4.90 Å². The number of rotatable bonds is 3. The van der Waals surface area contributed by atoms with Gasteiger partial charge >= 0.3 is 5.92 Å². The number of nitrogens with one attached hydrogen (secondary N) is 2. The van der Waals surface area contributed by atoms with Gasteiger partial charge in [-0.25, -0.2) is 4.68 Å². The first-order valence-electron chi connectivity index (χ1n) is 10.8. The Morgan fingerprint density at radius 1 is 1.17 bits per heavy atom. The van der Waals surface area contributed by atoms with E-state index in [1.54, 1.807) is 12.1 Å². The molecule has 3 aliphatic heterocycles. The largest absolute Gasteiger partial charge is 0.349 e. The smallest absolute Gasteiger partial charge is 0.341 e. The summed E-state index contributed by atoms with van der Waals surface area (Å²) in [4.78, 5) is 63.0. The number of fused-ring (bicyclic) bond motifs is 1. The van der Waals surface area contributed by atoms with Crippen LogP contribution in [0.4, 0.5) is 8.78 Å². The molecule has 2 N–H and O–H groups in total. The average Bonchev–Trinajstić information content (AvgIpc) is 3.39. The zero-order valence-electron chi connectivity index (χ0n) is 18.2. The number of benzene rings is 1. The molecule has 0 aliphatic carbocycles. The Balaban J connectivity index is 1.34. The number of nitrogens with zero attached hydrogens (tertiary/aromatic N) is 5. The van der Waals surface area contributed by atoms with Gasteiger partial charge in [-0.2, -0.15) is 8.78 Å². The second kappa shape index (κ2) is 8.21. The highest BCUT2D eigenvalue weighted by Gasteiger charge is 2.44. The lowest BCUT2D eigenvalue weighted by atomic mass is 10.0. The third-order valence-electron chi connectivity index (χ3n) is 6.16. The summed E-state index contributed by atoms with van der Waals surface area (Å²) in [6.07, 6.45) is 1.63. The van der Waals surface area contributed by atoms with Gasteiger partial charge in [0.05, 0.1) is 18.4 Å². The van der Waals surface area contributed by atoms with Gasteiger partial charge in [0, 0.05) is 31.6 Å². The van der Waals surface area contributed by atoms with Crippen molar-refractivity contribution in [1.29, 1.82) is 0 Å². The zero-order chi connectivity index (χ0) is 24.9. The number of piperidine rings is 1. The fourth-order valence-electron chi connectivity index (χ4n) is 4.33. The Hall–Kier alpha value is -4.23. The molecule has 1 unspecified atom stereocenters. The van der Waals surface area contributed by atoms with E-state index < -0.39 is 36.2 Å². The number of aromatic nitrogens is 3. The van der Waals surface area contributed by atoms with Crippen molar-refractivity contribution >= 4 is 29.5 Å². The van der Waals surface area contributed by atoms with Crippen molar-refractivity contribution in [2.75, 3.05) is 19.6 Å². The van der Waals surface area contributed by atoms with Crippen LogP contribution in [0.15, 0.2) is 24.4 Å². The molecule has 3 aliphatic rings. The molecule has 5 amide bonds. The molecular formula is C21H19F2N7O5. The summed E-state index contributed by atoms with van der Waals surface area (Å²) in [5.74, 6) is -7.24. The monoisotopic (exact) mass is 487 g/mol. The van der Waals surface area contributed by atoms with Gasteiger partial charge in [0.1, 0.15) is 6.04 Å². The fourth-order valence-corrected chi connectivity index (χ4v) is 4.33. The Labute approximate surface area is 196 Å².